The van der Waals surface area contributed by atoms with E-state index in [0.29, 0.717) is 6.54 Å². The molecule has 1 aromatic carbocycles. The number of aromatic nitrogens is 3. The first-order chi connectivity index (χ1) is 15.0. The number of fused-ring (bicyclic) bond motifs is 1. The maximum atomic E-state index is 11.9. The molecule has 1 atom stereocenters. The van der Waals surface area contributed by atoms with Gasteiger partial charge in [-0.2, -0.15) is 0 Å². The van der Waals surface area contributed by atoms with Gasteiger partial charge in [0.05, 0.1) is 17.0 Å². The van der Waals surface area contributed by atoms with Crippen molar-refractivity contribution in [1.29, 1.82) is 0 Å². The summed E-state index contributed by atoms with van der Waals surface area (Å²) >= 11 is 0. The summed E-state index contributed by atoms with van der Waals surface area (Å²) in [5, 5.41) is 1.14. The molecule has 0 saturated carbocycles. The molecule has 8 nitrogen and oxygen atoms in total. The van der Waals surface area contributed by atoms with E-state index < -0.39 is 10.0 Å². The fraction of sp³-hybridized carbons (Fsp3) is 0.409. The highest BCUT2D eigenvalue weighted by atomic mass is 32.2. The molecular formula is C22H26N6O2S. The van der Waals surface area contributed by atoms with Crippen molar-refractivity contribution < 1.29 is 8.42 Å². The Morgan fingerprint density at radius 3 is 2.68 bits per heavy atom. The first-order valence-electron chi connectivity index (χ1n) is 10.7. The quantitative estimate of drug-likeness (QED) is 0.630. The highest BCUT2D eigenvalue weighted by Crippen LogP contribution is 2.35. The maximum absolute atomic E-state index is 11.9. The molecule has 9 heteroatoms. The molecule has 0 bridgehead atoms. The first kappa shape index (κ1) is 20.1. The van der Waals surface area contributed by atoms with E-state index in [2.05, 4.69) is 42.7 Å². The lowest BCUT2D eigenvalue weighted by Gasteiger charge is -2.40. The van der Waals surface area contributed by atoms with E-state index in [1.165, 1.54) is 0 Å². The molecule has 2 aliphatic rings. The van der Waals surface area contributed by atoms with E-state index in [1.807, 2.05) is 18.2 Å². The van der Waals surface area contributed by atoms with Crippen LogP contribution in [0.5, 0.6) is 0 Å². The van der Waals surface area contributed by atoms with Crippen LogP contribution in [-0.4, -0.2) is 61.3 Å². The SMILES string of the molecule is CCS(=O)(=O)NC1CCN(c2nccnc2C2CN(c3ccc4ccccc4n3)C2)C1. The van der Waals surface area contributed by atoms with Gasteiger partial charge in [-0.1, -0.05) is 18.2 Å². The fourth-order valence-corrected chi connectivity index (χ4v) is 5.20. The largest absolute Gasteiger partial charge is 0.355 e. The van der Waals surface area contributed by atoms with Crippen LogP contribution >= 0.6 is 0 Å². The van der Waals surface area contributed by atoms with Crippen LogP contribution in [0.4, 0.5) is 11.6 Å². The Balaban J connectivity index is 1.28. The maximum Gasteiger partial charge on any atom is 0.211 e. The van der Waals surface area contributed by atoms with Gasteiger partial charge in [-0.05, 0) is 31.5 Å². The van der Waals surface area contributed by atoms with Crippen molar-refractivity contribution in [2.45, 2.75) is 25.3 Å². The predicted octanol–water partition coefficient (Wildman–Crippen LogP) is 2.15. The third kappa shape index (κ3) is 4.07. The second-order valence-corrected chi connectivity index (χ2v) is 10.2. The van der Waals surface area contributed by atoms with Crippen molar-refractivity contribution >= 4 is 32.6 Å². The molecule has 0 spiro atoms. The minimum absolute atomic E-state index is 0.0838. The van der Waals surface area contributed by atoms with E-state index in [1.54, 1.807) is 19.3 Å². The highest BCUT2D eigenvalue weighted by Gasteiger charge is 2.35. The smallest absolute Gasteiger partial charge is 0.211 e. The molecule has 1 N–H and O–H groups in total. The van der Waals surface area contributed by atoms with E-state index in [0.717, 1.165) is 54.3 Å². The number of hydrogen-bond donors (Lipinski definition) is 1. The van der Waals surface area contributed by atoms with Gasteiger partial charge in [-0.25, -0.2) is 23.1 Å². The van der Waals surface area contributed by atoms with Crippen molar-refractivity contribution in [2.24, 2.45) is 0 Å². The number of sulfonamides is 1. The summed E-state index contributed by atoms with van der Waals surface area (Å²) in [4.78, 5) is 18.5. The van der Waals surface area contributed by atoms with Crippen LogP contribution in [0.2, 0.25) is 0 Å². The lowest BCUT2D eigenvalue weighted by atomic mass is 9.95. The van der Waals surface area contributed by atoms with Crippen molar-refractivity contribution in [2.75, 3.05) is 41.7 Å². The fourth-order valence-electron chi connectivity index (χ4n) is 4.33. The zero-order valence-corrected chi connectivity index (χ0v) is 18.3. The van der Waals surface area contributed by atoms with Gasteiger partial charge in [0.15, 0.2) is 5.82 Å². The van der Waals surface area contributed by atoms with Gasteiger partial charge in [-0.3, -0.25) is 4.98 Å². The number of benzene rings is 1. The molecule has 3 aromatic rings. The number of para-hydroxylation sites is 1. The number of nitrogens with zero attached hydrogens (tertiary/aromatic N) is 5. The van der Waals surface area contributed by atoms with Crippen LogP contribution in [0, 0.1) is 0 Å². The summed E-state index contributed by atoms with van der Waals surface area (Å²) < 4.78 is 26.6. The standard InChI is InChI=1S/C22H26N6O2S/c1-2-31(29,30)26-18-9-12-27(15-18)22-21(23-10-11-24-22)17-13-28(14-17)20-8-7-16-5-3-4-6-19(16)25-20/h3-8,10-11,17-18,26H,2,9,12-15H2,1H3. The molecule has 31 heavy (non-hydrogen) atoms. The molecule has 0 aliphatic carbocycles. The molecule has 2 fully saturated rings. The number of pyridine rings is 1. The van der Waals surface area contributed by atoms with Gasteiger partial charge in [0.2, 0.25) is 10.0 Å². The molecule has 2 aromatic heterocycles. The van der Waals surface area contributed by atoms with Crippen LogP contribution in [-0.2, 0) is 10.0 Å². The number of nitrogens with one attached hydrogen (secondary N) is 1. The van der Waals surface area contributed by atoms with E-state index in [4.69, 9.17) is 4.98 Å². The van der Waals surface area contributed by atoms with Gasteiger partial charge in [0.1, 0.15) is 5.82 Å². The molecule has 0 amide bonds. The topological polar surface area (TPSA) is 91.3 Å². The monoisotopic (exact) mass is 438 g/mol. The summed E-state index contributed by atoms with van der Waals surface area (Å²) in [5.41, 5.74) is 1.99. The van der Waals surface area contributed by atoms with Gasteiger partial charge in [0, 0.05) is 55.9 Å². The Morgan fingerprint density at radius 1 is 1.03 bits per heavy atom. The molecular weight excluding hydrogens is 412 g/mol. The molecule has 162 valence electrons. The van der Waals surface area contributed by atoms with Gasteiger partial charge < -0.3 is 9.80 Å². The normalized spacial score (nSPS) is 19.7. The van der Waals surface area contributed by atoms with Crippen molar-refractivity contribution in [3.05, 3.63) is 54.5 Å². The molecule has 5 rings (SSSR count). The van der Waals surface area contributed by atoms with Crippen LogP contribution in [0.1, 0.15) is 25.0 Å². The van der Waals surface area contributed by atoms with Crippen LogP contribution in [0.3, 0.4) is 0 Å². The second-order valence-electron chi connectivity index (χ2n) is 8.18. The summed E-state index contributed by atoms with van der Waals surface area (Å²) in [5.74, 6) is 2.23. The third-order valence-corrected chi connectivity index (χ3v) is 7.55. The second kappa shape index (κ2) is 8.05. The van der Waals surface area contributed by atoms with Gasteiger partial charge >= 0.3 is 0 Å². The van der Waals surface area contributed by atoms with E-state index in [9.17, 15) is 8.42 Å². The third-order valence-electron chi connectivity index (χ3n) is 6.10. The molecule has 4 heterocycles. The highest BCUT2D eigenvalue weighted by molar-refractivity contribution is 7.89. The predicted molar refractivity (Wildman–Crippen MR) is 122 cm³/mol. The summed E-state index contributed by atoms with van der Waals surface area (Å²) in [6.45, 7) is 4.73. The van der Waals surface area contributed by atoms with Gasteiger partial charge in [-0.15, -0.1) is 0 Å². The Bertz CT molecular complexity index is 1200. The number of hydrogen-bond acceptors (Lipinski definition) is 7. The van der Waals surface area contributed by atoms with E-state index in [-0.39, 0.29) is 17.7 Å². The minimum atomic E-state index is -3.21. The van der Waals surface area contributed by atoms with Crippen LogP contribution < -0.4 is 14.5 Å². The lowest BCUT2D eigenvalue weighted by Crippen LogP contribution is -2.46. The molecule has 0 radical (unpaired) electrons. The number of anilines is 2. The summed E-state index contributed by atoms with van der Waals surface area (Å²) in [6, 6.07) is 12.2. The Morgan fingerprint density at radius 2 is 1.84 bits per heavy atom. The van der Waals surface area contributed by atoms with Crippen molar-refractivity contribution in [1.82, 2.24) is 19.7 Å². The summed E-state index contributed by atoms with van der Waals surface area (Å²) in [7, 11) is -3.21. The Hall–Kier alpha value is -2.78. The first-order valence-corrected chi connectivity index (χ1v) is 12.3. The number of rotatable bonds is 6. The Kier molecular flexibility index (Phi) is 5.23. The van der Waals surface area contributed by atoms with E-state index >= 15 is 0 Å². The summed E-state index contributed by atoms with van der Waals surface area (Å²) in [6.07, 6.45) is 4.22. The molecule has 2 saturated heterocycles. The van der Waals surface area contributed by atoms with Crippen molar-refractivity contribution in [3.63, 3.8) is 0 Å². The van der Waals surface area contributed by atoms with Crippen LogP contribution in [0.25, 0.3) is 10.9 Å². The minimum Gasteiger partial charge on any atom is -0.355 e. The van der Waals surface area contributed by atoms with Crippen LogP contribution in [0.15, 0.2) is 48.8 Å². The average molecular weight is 439 g/mol. The molecule has 1 unspecified atom stereocenters. The Labute approximate surface area is 182 Å². The van der Waals surface area contributed by atoms with Crippen molar-refractivity contribution in [3.8, 4) is 0 Å². The molecule has 2 aliphatic heterocycles. The zero-order valence-electron chi connectivity index (χ0n) is 17.5. The lowest BCUT2D eigenvalue weighted by molar-refractivity contribution is 0.507. The zero-order chi connectivity index (χ0) is 21.4. The average Bonchev–Trinajstić information content (AvgIpc) is 3.20. The van der Waals surface area contributed by atoms with Gasteiger partial charge in [0.25, 0.3) is 0 Å².